The van der Waals surface area contributed by atoms with E-state index < -0.39 is 29.5 Å². The summed E-state index contributed by atoms with van der Waals surface area (Å²) in [5.74, 6) is -1.98. The van der Waals surface area contributed by atoms with Gasteiger partial charge in [0.25, 0.3) is 6.43 Å². The molecule has 0 aromatic carbocycles. The maximum absolute atomic E-state index is 12.3. The lowest BCUT2D eigenvalue weighted by atomic mass is 10.1. The van der Waals surface area contributed by atoms with Crippen molar-refractivity contribution in [3.63, 3.8) is 0 Å². The minimum atomic E-state index is -3.05. The van der Waals surface area contributed by atoms with E-state index in [4.69, 9.17) is 16.1 Å². The minimum absolute atomic E-state index is 0.239. The van der Waals surface area contributed by atoms with Crippen molar-refractivity contribution < 1.29 is 18.7 Å². The first-order valence-corrected chi connectivity index (χ1v) is 3.69. The van der Waals surface area contributed by atoms with Crippen LogP contribution in [0.25, 0.3) is 0 Å². The molecule has 0 aliphatic carbocycles. The molecule has 0 atom stereocenters. The van der Waals surface area contributed by atoms with Crippen molar-refractivity contribution in [3.05, 3.63) is 22.9 Å². The summed E-state index contributed by atoms with van der Waals surface area (Å²) in [7, 11) is 0. The zero-order valence-electron chi connectivity index (χ0n) is 7.24. The average molecular weight is 213 g/mol. The molecule has 3 N–H and O–H groups in total. The molecular formula is C8H5F2N3O2. The third-order valence-corrected chi connectivity index (χ3v) is 1.64. The van der Waals surface area contributed by atoms with Crippen LogP contribution in [0, 0.1) is 11.3 Å². The van der Waals surface area contributed by atoms with Crippen molar-refractivity contribution in [2.24, 2.45) is 0 Å². The number of carbonyl (C=O) groups is 1. The smallest absolute Gasteiger partial charge is 0.337 e. The second kappa shape index (κ2) is 3.88. The van der Waals surface area contributed by atoms with Gasteiger partial charge in [-0.1, -0.05) is 0 Å². The van der Waals surface area contributed by atoms with E-state index in [0.717, 1.165) is 6.07 Å². The van der Waals surface area contributed by atoms with Crippen LogP contribution in [0.1, 0.15) is 28.0 Å². The fourth-order valence-corrected chi connectivity index (χ4v) is 0.970. The lowest BCUT2D eigenvalue weighted by molar-refractivity contribution is 0.0682. The molecule has 0 fully saturated rings. The van der Waals surface area contributed by atoms with Gasteiger partial charge in [0.2, 0.25) is 0 Å². The zero-order chi connectivity index (χ0) is 11.6. The summed E-state index contributed by atoms with van der Waals surface area (Å²) in [6.45, 7) is 0. The van der Waals surface area contributed by atoms with E-state index in [1.165, 1.54) is 0 Å². The molecule has 78 valence electrons. The van der Waals surface area contributed by atoms with Crippen molar-refractivity contribution in [2.45, 2.75) is 6.43 Å². The van der Waals surface area contributed by atoms with E-state index in [1.54, 1.807) is 6.07 Å². The van der Waals surface area contributed by atoms with E-state index in [9.17, 15) is 13.6 Å². The molecule has 0 saturated carbocycles. The fraction of sp³-hybridized carbons (Fsp3) is 0.125. The standard InChI is InChI=1S/C8H5F2N3O2/c9-6(10)5-4(8(14)15)1-3(2-11)7(12)13-5/h1,6H,(H2,12,13)(H,14,15). The molecule has 1 heterocycles. The number of halogens is 2. The first-order valence-electron chi connectivity index (χ1n) is 3.69. The van der Waals surface area contributed by atoms with Crippen LogP contribution >= 0.6 is 0 Å². The van der Waals surface area contributed by atoms with Gasteiger partial charge in [-0.15, -0.1) is 0 Å². The van der Waals surface area contributed by atoms with Gasteiger partial charge in [-0.05, 0) is 6.07 Å². The van der Waals surface area contributed by atoms with Crippen molar-refractivity contribution in [1.82, 2.24) is 4.98 Å². The number of hydrogen-bond acceptors (Lipinski definition) is 4. The van der Waals surface area contributed by atoms with Gasteiger partial charge >= 0.3 is 5.97 Å². The van der Waals surface area contributed by atoms with E-state index >= 15 is 0 Å². The predicted octanol–water partition coefficient (Wildman–Crippen LogP) is 1.17. The summed E-state index contributed by atoms with van der Waals surface area (Å²) in [5, 5.41) is 17.1. The summed E-state index contributed by atoms with van der Waals surface area (Å²) in [6.07, 6.45) is -3.05. The summed E-state index contributed by atoms with van der Waals surface area (Å²) in [4.78, 5) is 13.8. The van der Waals surface area contributed by atoms with Crippen LogP contribution in [-0.2, 0) is 0 Å². The number of aromatic carboxylic acids is 1. The monoisotopic (exact) mass is 213 g/mol. The van der Waals surface area contributed by atoms with Crippen LogP contribution in [0.3, 0.4) is 0 Å². The van der Waals surface area contributed by atoms with Crippen molar-refractivity contribution >= 4 is 11.8 Å². The van der Waals surface area contributed by atoms with E-state index in [2.05, 4.69) is 4.98 Å². The maximum atomic E-state index is 12.3. The van der Waals surface area contributed by atoms with Gasteiger partial charge in [-0.25, -0.2) is 18.6 Å². The number of carboxylic acid groups (broad SMARTS) is 1. The van der Waals surface area contributed by atoms with Crippen LogP contribution in [0.2, 0.25) is 0 Å². The van der Waals surface area contributed by atoms with Gasteiger partial charge in [0.1, 0.15) is 17.6 Å². The van der Waals surface area contributed by atoms with Crippen molar-refractivity contribution in [2.75, 3.05) is 5.73 Å². The number of nitrogens with two attached hydrogens (primary N) is 1. The quantitative estimate of drug-likeness (QED) is 0.767. The number of anilines is 1. The Kier molecular flexibility index (Phi) is 2.80. The van der Waals surface area contributed by atoms with Crippen LogP contribution in [0.5, 0.6) is 0 Å². The molecule has 0 amide bonds. The Hall–Kier alpha value is -2.23. The Labute approximate surface area is 82.8 Å². The molecule has 0 unspecified atom stereocenters. The molecule has 0 spiro atoms. The molecule has 0 aliphatic rings. The zero-order valence-corrected chi connectivity index (χ0v) is 7.24. The molecule has 0 radical (unpaired) electrons. The average Bonchev–Trinajstić information content (AvgIpc) is 2.16. The Morgan fingerprint density at radius 1 is 1.67 bits per heavy atom. The molecule has 0 aliphatic heterocycles. The Bertz CT molecular complexity index is 454. The molecule has 1 aromatic heterocycles. The normalized spacial score (nSPS) is 10.0. The van der Waals surface area contributed by atoms with Gasteiger partial charge in [0.05, 0.1) is 11.1 Å². The number of carboxylic acids is 1. The van der Waals surface area contributed by atoms with Crippen molar-refractivity contribution in [3.8, 4) is 6.07 Å². The van der Waals surface area contributed by atoms with Crippen LogP contribution in [0.15, 0.2) is 6.07 Å². The number of nitrogen functional groups attached to an aromatic ring is 1. The van der Waals surface area contributed by atoms with Gasteiger partial charge < -0.3 is 10.8 Å². The second-order valence-corrected chi connectivity index (χ2v) is 2.57. The number of aromatic nitrogens is 1. The highest BCUT2D eigenvalue weighted by Gasteiger charge is 2.21. The molecule has 1 rings (SSSR count). The summed E-state index contributed by atoms with van der Waals surface area (Å²) in [6, 6.07) is 2.34. The number of nitriles is 1. The fourth-order valence-electron chi connectivity index (χ4n) is 0.970. The first kappa shape index (κ1) is 10.8. The Morgan fingerprint density at radius 2 is 2.27 bits per heavy atom. The van der Waals surface area contributed by atoms with Gasteiger partial charge in [0.15, 0.2) is 0 Å². The lowest BCUT2D eigenvalue weighted by Gasteiger charge is -2.06. The highest BCUT2D eigenvalue weighted by atomic mass is 19.3. The van der Waals surface area contributed by atoms with Gasteiger partial charge in [-0.2, -0.15) is 5.26 Å². The third kappa shape index (κ3) is 1.99. The van der Waals surface area contributed by atoms with Crippen LogP contribution < -0.4 is 5.73 Å². The first-order chi connectivity index (χ1) is 6.97. The van der Waals surface area contributed by atoms with Crippen LogP contribution in [-0.4, -0.2) is 16.1 Å². The largest absolute Gasteiger partial charge is 0.478 e. The van der Waals surface area contributed by atoms with E-state index in [1.807, 2.05) is 0 Å². The van der Waals surface area contributed by atoms with E-state index in [0.29, 0.717) is 0 Å². The topological polar surface area (TPSA) is 100 Å². The highest BCUT2D eigenvalue weighted by molar-refractivity contribution is 5.90. The number of rotatable bonds is 2. The number of alkyl halides is 2. The summed E-state index contributed by atoms with van der Waals surface area (Å²) in [5.41, 5.74) is 3.30. The second-order valence-electron chi connectivity index (χ2n) is 2.57. The lowest BCUT2D eigenvalue weighted by Crippen LogP contribution is -2.09. The van der Waals surface area contributed by atoms with Crippen LogP contribution in [0.4, 0.5) is 14.6 Å². The molecule has 1 aromatic rings. The molecule has 0 bridgehead atoms. The summed E-state index contributed by atoms with van der Waals surface area (Å²) < 4.78 is 24.7. The molecule has 15 heavy (non-hydrogen) atoms. The Balaban J connectivity index is 3.47. The molecular weight excluding hydrogens is 208 g/mol. The number of nitrogens with zero attached hydrogens (tertiary/aromatic N) is 2. The third-order valence-electron chi connectivity index (χ3n) is 1.64. The highest BCUT2D eigenvalue weighted by Crippen LogP contribution is 2.24. The van der Waals surface area contributed by atoms with Gasteiger partial charge in [0, 0.05) is 0 Å². The molecule has 7 heteroatoms. The minimum Gasteiger partial charge on any atom is -0.478 e. The number of hydrogen-bond donors (Lipinski definition) is 2. The van der Waals surface area contributed by atoms with E-state index in [-0.39, 0.29) is 5.56 Å². The SMILES string of the molecule is N#Cc1cc(C(=O)O)c(C(F)F)nc1N. The molecule has 5 nitrogen and oxygen atoms in total. The van der Waals surface area contributed by atoms with Crippen molar-refractivity contribution in [1.29, 1.82) is 5.26 Å². The Morgan fingerprint density at radius 3 is 2.67 bits per heavy atom. The summed E-state index contributed by atoms with van der Waals surface area (Å²) >= 11 is 0. The maximum Gasteiger partial charge on any atom is 0.337 e. The van der Waals surface area contributed by atoms with Gasteiger partial charge in [-0.3, -0.25) is 0 Å². The molecule has 0 saturated heterocycles. The number of pyridine rings is 1. The predicted molar refractivity (Wildman–Crippen MR) is 45.3 cm³/mol.